The summed E-state index contributed by atoms with van der Waals surface area (Å²) in [6.07, 6.45) is 3.68. The van der Waals surface area contributed by atoms with Crippen molar-refractivity contribution in [3.8, 4) is 0 Å². The van der Waals surface area contributed by atoms with Crippen molar-refractivity contribution < 1.29 is 0 Å². The zero-order valence-corrected chi connectivity index (χ0v) is 13.9. The Morgan fingerprint density at radius 2 is 2.27 bits per heavy atom. The van der Waals surface area contributed by atoms with Crippen molar-refractivity contribution in [1.29, 1.82) is 0 Å². The van der Waals surface area contributed by atoms with Crippen molar-refractivity contribution >= 4 is 43.2 Å². The Balaban J connectivity index is 2.47. The summed E-state index contributed by atoms with van der Waals surface area (Å²) in [5.41, 5.74) is 2.58. The molecule has 0 bridgehead atoms. The maximum atomic E-state index is 12.8. The Hall–Kier alpha value is -2.21. The quantitative estimate of drug-likeness (QED) is 0.802. The van der Waals surface area contributed by atoms with Crippen LogP contribution in [0, 0.1) is 6.92 Å². The van der Waals surface area contributed by atoms with Crippen LogP contribution in [-0.2, 0) is 0 Å². The molecule has 0 aliphatic heterocycles. The van der Waals surface area contributed by atoms with Gasteiger partial charge in [0.15, 0.2) is 0 Å². The molecule has 3 heterocycles. The maximum absolute atomic E-state index is 12.8. The highest BCUT2D eigenvalue weighted by molar-refractivity contribution is 7.25. The van der Waals surface area contributed by atoms with E-state index in [1.54, 1.807) is 10.8 Å². The van der Waals surface area contributed by atoms with Gasteiger partial charge in [0.25, 0.3) is 5.56 Å². The van der Waals surface area contributed by atoms with E-state index < -0.39 is 0 Å². The predicted octanol–water partition coefficient (Wildman–Crippen LogP) is 3.63. The average molecular weight is 314 g/mol. The number of fused-ring (bicyclic) bond motifs is 3. The summed E-state index contributed by atoms with van der Waals surface area (Å²) >= 11 is 1.40. The van der Waals surface area contributed by atoms with Crippen LogP contribution in [0.25, 0.3) is 26.1 Å². The molecule has 3 rings (SSSR count). The maximum Gasteiger partial charge on any atom is 0.275 e. The van der Waals surface area contributed by atoms with Gasteiger partial charge in [-0.2, -0.15) is 0 Å². The summed E-state index contributed by atoms with van der Waals surface area (Å²) in [6.45, 7) is 8.55. The van der Waals surface area contributed by atoms with Crippen LogP contribution in [0.1, 0.15) is 26.6 Å². The van der Waals surface area contributed by atoms with Crippen molar-refractivity contribution in [2.24, 2.45) is 0 Å². The molecule has 0 aliphatic rings. The van der Waals surface area contributed by atoms with Crippen molar-refractivity contribution in [3.63, 3.8) is 0 Å². The number of aryl methyl sites for hydroxylation is 1. The smallest absolute Gasteiger partial charge is 0.275 e. The molecule has 0 unspecified atom stereocenters. The van der Waals surface area contributed by atoms with Crippen LogP contribution in [0.2, 0.25) is 0 Å². The first-order chi connectivity index (χ1) is 10.6. The van der Waals surface area contributed by atoms with Gasteiger partial charge >= 0.3 is 0 Å². The van der Waals surface area contributed by atoms with E-state index in [1.165, 1.54) is 11.3 Å². The fraction of sp³-hybridized carbons (Fsp3) is 0.312. The molecule has 22 heavy (non-hydrogen) atoms. The van der Waals surface area contributed by atoms with E-state index >= 15 is 0 Å². The summed E-state index contributed by atoms with van der Waals surface area (Å²) in [4.78, 5) is 22.8. The van der Waals surface area contributed by atoms with E-state index in [4.69, 9.17) is 0 Å². The number of nitrogens with zero attached hydrogens (tertiary/aromatic N) is 3. The lowest BCUT2D eigenvalue weighted by atomic mass is 10.2. The van der Waals surface area contributed by atoms with Crippen LogP contribution < -0.4 is 10.9 Å². The molecule has 6 heteroatoms. The van der Waals surface area contributed by atoms with E-state index in [2.05, 4.69) is 15.3 Å². The lowest BCUT2D eigenvalue weighted by molar-refractivity contribution is 0.910. The van der Waals surface area contributed by atoms with E-state index in [0.29, 0.717) is 10.5 Å². The summed E-state index contributed by atoms with van der Waals surface area (Å²) in [5, 5.41) is 4.26. The Kier molecular flexibility index (Phi) is 3.70. The van der Waals surface area contributed by atoms with Gasteiger partial charge in [-0.15, -0.1) is 11.3 Å². The minimum absolute atomic E-state index is 0.0245. The molecule has 0 atom stereocenters. The summed E-state index contributed by atoms with van der Waals surface area (Å²) in [7, 11) is 0. The first kappa shape index (κ1) is 14.7. The number of allylic oxidation sites excluding steroid dienone is 2. The van der Waals surface area contributed by atoms with E-state index in [-0.39, 0.29) is 5.56 Å². The Bertz CT molecular complexity index is 952. The van der Waals surface area contributed by atoms with E-state index in [9.17, 15) is 4.79 Å². The van der Waals surface area contributed by atoms with Crippen molar-refractivity contribution in [2.75, 3.05) is 11.9 Å². The Morgan fingerprint density at radius 1 is 1.50 bits per heavy atom. The monoisotopic (exact) mass is 314 g/mol. The number of hydrogen-bond acceptors (Lipinski definition) is 5. The fourth-order valence-corrected chi connectivity index (χ4v) is 3.64. The van der Waals surface area contributed by atoms with Crippen molar-refractivity contribution in [2.45, 2.75) is 27.7 Å². The average Bonchev–Trinajstić information content (AvgIpc) is 2.87. The van der Waals surface area contributed by atoms with Gasteiger partial charge in [-0.1, -0.05) is 6.08 Å². The van der Waals surface area contributed by atoms with Crippen LogP contribution in [0.3, 0.4) is 0 Å². The van der Waals surface area contributed by atoms with E-state index in [1.807, 2.05) is 39.8 Å². The van der Waals surface area contributed by atoms with Crippen LogP contribution in [0.5, 0.6) is 0 Å². The third kappa shape index (κ3) is 2.11. The molecule has 0 radical (unpaired) electrons. The molecule has 114 valence electrons. The number of thiophene rings is 1. The molecule has 1 N–H and O–H groups in total. The fourth-order valence-electron chi connectivity index (χ4n) is 2.60. The molecular weight excluding hydrogens is 296 g/mol. The summed E-state index contributed by atoms with van der Waals surface area (Å²) < 4.78 is 2.31. The minimum Gasteiger partial charge on any atom is -0.385 e. The zero-order chi connectivity index (χ0) is 15.9. The number of rotatable bonds is 3. The standard InChI is InChI=1S/C16H18N4OS/c1-5-9(3)20-10(4)19-13-12-11(17-6-2)7-8-18-15(12)22-14(13)16(20)21/h5,7-8H,6H2,1-4H3,(H,17,18)/b9-5+. The molecule has 5 nitrogen and oxygen atoms in total. The molecule has 3 aromatic rings. The lowest BCUT2D eigenvalue weighted by Gasteiger charge is -2.09. The number of pyridine rings is 1. The largest absolute Gasteiger partial charge is 0.385 e. The van der Waals surface area contributed by atoms with Crippen LogP contribution in [0.4, 0.5) is 5.69 Å². The third-order valence-electron chi connectivity index (χ3n) is 3.70. The first-order valence-electron chi connectivity index (χ1n) is 7.26. The van der Waals surface area contributed by atoms with Crippen molar-refractivity contribution in [1.82, 2.24) is 14.5 Å². The molecular formula is C16H18N4OS. The van der Waals surface area contributed by atoms with Gasteiger partial charge in [-0.3, -0.25) is 9.36 Å². The summed E-state index contributed by atoms with van der Waals surface area (Å²) in [6, 6.07) is 1.93. The van der Waals surface area contributed by atoms with Gasteiger partial charge in [-0.05, 0) is 33.8 Å². The highest BCUT2D eigenvalue weighted by Crippen LogP contribution is 2.34. The van der Waals surface area contributed by atoms with Crippen LogP contribution in [-0.4, -0.2) is 21.1 Å². The van der Waals surface area contributed by atoms with Gasteiger partial charge in [0, 0.05) is 24.1 Å². The van der Waals surface area contributed by atoms with Gasteiger partial charge in [-0.25, -0.2) is 9.97 Å². The molecule has 0 saturated heterocycles. The number of aromatic nitrogens is 3. The molecule has 0 fully saturated rings. The second-order valence-corrected chi connectivity index (χ2v) is 6.08. The SMILES string of the molecule is C/C=C(\C)n1c(C)nc2c(sc3nccc(NCC)c32)c1=O. The van der Waals surface area contributed by atoms with Gasteiger partial charge in [0.05, 0.1) is 5.39 Å². The number of nitrogens with one attached hydrogen (secondary N) is 1. The second kappa shape index (κ2) is 5.53. The molecule has 0 spiro atoms. The van der Waals surface area contributed by atoms with E-state index in [0.717, 1.165) is 33.7 Å². The first-order valence-corrected chi connectivity index (χ1v) is 8.08. The number of anilines is 1. The highest BCUT2D eigenvalue weighted by atomic mass is 32.1. The third-order valence-corrected chi connectivity index (χ3v) is 4.77. The van der Waals surface area contributed by atoms with Gasteiger partial charge in [0.2, 0.25) is 0 Å². The second-order valence-electron chi connectivity index (χ2n) is 5.08. The molecule has 0 amide bonds. The zero-order valence-electron chi connectivity index (χ0n) is 13.1. The van der Waals surface area contributed by atoms with Crippen molar-refractivity contribution in [3.05, 3.63) is 34.5 Å². The predicted molar refractivity (Wildman–Crippen MR) is 93.7 cm³/mol. The van der Waals surface area contributed by atoms with Crippen LogP contribution in [0.15, 0.2) is 23.1 Å². The van der Waals surface area contributed by atoms with Gasteiger partial charge in [0.1, 0.15) is 20.9 Å². The molecule has 0 aliphatic carbocycles. The highest BCUT2D eigenvalue weighted by Gasteiger charge is 2.17. The summed E-state index contributed by atoms with van der Waals surface area (Å²) in [5.74, 6) is 0.694. The van der Waals surface area contributed by atoms with Gasteiger partial charge < -0.3 is 5.32 Å². The Morgan fingerprint density at radius 3 is 2.95 bits per heavy atom. The number of hydrogen-bond donors (Lipinski definition) is 1. The molecule has 3 aromatic heterocycles. The molecule has 0 aromatic carbocycles. The lowest BCUT2D eigenvalue weighted by Crippen LogP contribution is -2.21. The normalized spacial score (nSPS) is 12.3. The molecule has 0 saturated carbocycles. The van der Waals surface area contributed by atoms with Crippen LogP contribution >= 0.6 is 11.3 Å². The Labute approximate surface area is 132 Å². The topological polar surface area (TPSA) is 59.8 Å². The minimum atomic E-state index is -0.0245.